The third kappa shape index (κ3) is 2.97. The van der Waals surface area contributed by atoms with Gasteiger partial charge in [-0.05, 0) is 6.07 Å². The van der Waals surface area contributed by atoms with Crippen LogP contribution in [0.4, 0.5) is 10.1 Å². The van der Waals surface area contributed by atoms with Gasteiger partial charge in [-0.2, -0.15) is 0 Å². The molecule has 1 aromatic rings. The fourth-order valence-corrected chi connectivity index (χ4v) is 2.07. The Labute approximate surface area is 91.3 Å². The molecule has 16 heavy (non-hydrogen) atoms. The number of hydrogen-bond acceptors (Lipinski definition) is 4. The lowest BCUT2D eigenvalue weighted by atomic mass is 10.3. The molecular formula is C8H9FN2O4S. The minimum atomic E-state index is -3.87. The van der Waals surface area contributed by atoms with Gasteiger partial charge in [0.15, 0.2) is 0 Å². The lowest BCUT2D eigenvalue weighted by Crippen LogP contribution is -2.25. The Morgan fingerprint density at radius 2 is 2.12 bits per heavy atom. The molecule has 0 saturated heterocycles. The van der Waals surface area contributed by atoms with Gasteiger partial charge >= 0.3 is 0 Å². The van der Waals surface area contributed by atoms with Crippen molar-refractivity contribution in [2.45, 2.75) is 4.90 Å². The Hall–Kier alpha value is -1.54. The molecular weight excluding hydrogens is 239 g/mol. The molecule has 0 unspecified atom stereocenters. The van der Waals surface area contributed by atoms with Gasteiger partial charge in [0.25, 0.3) is 5.69 Å². The molecule has 0 radical (unpaired) electrons. The molecule has 0 fully saturated rings. The van der Waals surface area contributed by atoms with E-state index in [1.54, 1.807) is 0 Å². The maximum atomic E-state index is 11.8. The van der Waals surface area contributed by atoms with Crippen LogP contribution in [0.25, 0.3) is 0 Å². The summed E-state index contributed by atoms with van der Waals surface area (Å²) >= 11 is 0. The van der Waals surface area contributed by atoms with E-state index in [1.807, 2.05) is 4.72 Å². The average Bonchev–Trinajstić information content (AvgIpc) is 2.26. The SMILES string of the molecule is O=[N+]([O-])c1cccc(S(=O)(=O)NCCF)c1. The minimum Gasteiger partial charge on any atom is -0.258 e. The van der Waals surface area contributed by atoms with Gasteiger partial charge < -0.3 is 0 Å². The van der Waals surface area contributed by atoms with Crippen molar-refractivity contribution in [1.82, 2.24) is 4.72 Å². The number of alkyl halides is 1. The predicted octanol–water partition coefficient (Wildman–Crippen LogP) is 0.843. The number of nitro benzene ring substituents is 1. The second kappa shape index (κ2) is 4.99. The van der Waals surface area contributed by atoms with Crippen LogP contribution in [-0.4, -0.2) is 26.6 Å². The first kappa shape index (κ1) is 12.5. The molecule has 1 rings (SSSR count). The van der Waals surface area contributed by atoms with E-state index in [2.05, 4.69) is 0 Å². The van der Waals surface area contributed by atoms with E-state index in [0.717, 1.165) is 6.07 Å². The van der Waals surface area contributed by atoms with Gasteiger partial charge in [-0.1, -0.05) is 6.07 Å². The minimum absolute atomic E-state index is 0.254. The van der Waals surface area contributed by atoms with Crippen LogP contribution >= 0.6 is 0 Å². The second-order valence-corrected chi connectivity index (χ2v) is 4.61. The van der Waals surface area contributed by atoms with Crippen LogP contribution in [0, 0.1) is 10.1 Å². The largest absolute Gasteiger partial charge is 0.270 e. The van der Waals surface area contributed by atoms with E-state index in [1.165, 1.54) is 18.2 Å². The third-order valence-corrected chi connectivity index (χ3v) is 3.18. The number of non-ortho nitro benzene ring substituents is 1. The molecule has 8 heteroatoms. The lowest BCUT2D eigenvalue weighted by molar-refractivity contribution is -0.385. The van der Waals surface area contributed by atoms with E-state index >= 15 is 0 Å². The Morgan fingerprint density at radius 3 is 2.69 bits per heavy atom. The smallest absolute Gasteiger partial charge is 0.258 e. The van der Waals surface area contributed by atoms with Crippen LogP contribution in [0.15, 0.2) is 29.2 Å². The first-order valence-electron chi connectivity index (χ1n) is 4.27. The van der Waals surface area contributed by atoms with E-state index in [9.17, 15) is 22.9 Å². The number of sulfonamides is 1. The summed E-state index contributed by atoms with van der Waals surface area (Å²) < 4.78 is 36.7. The number of rotatable bonds is 5. The van der Waals surface area contributed by atoms with Crippen LogP contribution in [0.1, 0.15) is 0 Å². The van der Waals surface area contributed by atoms with Crippen molar-refractivity contribution in [3.8, 4) is 0 Å². The zero-order valence-electron chi connectivity index (χ0n) is 8.09. The van der Waals surface area contributed by atoms with Crippen molar-refractivity contribution >= 4 is 15.7 Å². The molecule has 1 N–H and O–H groups in total. The fourth-order valence-electron chi connectivity index (χ4n) is 1.02. The maximum absolute atomic E-state index is 11.8. The van der Waals surface area contributed by atoms with Gasteiger partial charge in [-0.15, -0.1) is 0 Å². The summed E-state index contributed by atoms with van der Waals surface area (Å²) in [5.74, 6) is 0. The molecule has 6 nitrogen and oxygen atoms in total. The molecule has 0 bridgehead atoms. The quantitative estimate of drug-likeness (QED) is 0.617. The number of hydrogen-bond donors (Lipinski definition) is 1. The van der Waals surface area contributed by atoms with Crippen molar-refractivity contribution in [1.29, 1.82) is 0 Å². The van der Waals surface area contributed by atoms with Crippen LogP contribution < -0.4 is 4.72 Å². The molecule has 0 atom stereocenters. The van der Waals surface area contributed by atoms with Gasteiger partial charge in [0.2, 0.25) is 10.0 Å². The molecule has 88 valence electrons. The molecule has 0 spiro atoms. The molecule has 1 aromatic carbocycles. The number of nitro groups is 1. The van der Waals surface area contributed by atoms with Gasteiger partial charge in [0, 0.05) is 18.7 Å². The van der Waals surface area contributed by atoms with E-state index in [-0.39, 0.29) is 17.1 Å². The summed E-state index contributed by atoms with van der Waals surface area (Å²) in [7, 11) is -3.87. The van der Waals surface area contributed by atoms with E-state index in [0.29, 0.717) is 0 Å². The highest BCUT2D eigenvalue weighted by atomic mass is 32.2. The highest BCUT2D eigenvalue weighted by Gasteiger charge is 2.16. The number of halogens is 1. The average molecular weight is 248 g/mol. The van der Waals surface area contributed by atoms with Crippen molar-refractivity contribution in [3.05, 3.63) is 34.4 Å². The number of nitrogens with zero attached hydrogens (tertiary/aromatic N) is 1. The molecule has 0 saturated carbocycles. The molecule has 0 heterocycles. The summed E-state index contributed by atoms with van der Waals surface area (Å²) in [5, 5.41) is 10.4. The van der Waals surface area contributed by atoms with Gasteiger partial charge in [0.1, 0.15) is 6.67 Å². The number of benzene rings is 1. The normalized spacial score (nSPS) is 11.3. The van der Waals surface area contributed by atoms with Crippen molar-refractivity contribution in [2.24, 2.45) is 0 Å². The third-order valence-electron chi connectivity index (χ3n) is 1.73. The van der Waals surface area contributed by atoms with Crippen LogP contribution in [-0.2, 0) is 10.0 Å². The van der Waals surface area contributed by atoms with Gasteiger partial charge in [-0.3, -0.25) is 10.1 Å². The van der Waals surface area contributed by atoms with Crippen LogP contribution in [0.3, 0.4) is 0 Å². The van der Waals surface area contributed by atoms with Crippen molar-refractivity contribution in [3.63, 3.8) is 0 Å². The summed E-state index contributed by atoms with van der Waals surface area (Å²) in [4.78, 5) is 9.47. The van der Waals surface area contributed by atoms with Crippen LogP contribution in [0.2, 0.25) is 0 Å². The van der Waals surface area contributed by atoms with Gasteiger partial charge in [0.05, 0.1) is 9.82 Å². The Morgan fingerprint density at radius 1 is 1.44 bits per heavy atom. The zero-order chi connectivity index (χ0) is 12.2. The van der Waals surface area contributed by atoms with E-state index in [4.69, 9.17) is 0 Å². The molecule has 0 aliphatic heterocycles. The summed E-state index contributed by atoms with van der Waals surface area (Å²) in [5.41, 5.74) is -0.330. The summed E-state index contributed by atoms with van der Waals surface area (Å²) in [6.07, 6.45) is 0. The standard InChI is InChI=1S/C8H9FN2O4S/c9-4-5-10-16(14,15)8-3-1-2-7(6-8)11(12)13/h1-3,6,10H,4-5H2. The topological polar surface area (TPSA) is 89.3 Å². The molecule has 0 aliphatic rings. The van der Waals surface area contributed by atoms with Crippen molar-refractivity contribution < 1.29 is 17.7 Å². The fraction of sp³-hybridized carbons (Fsp3) is 0.250. The zero-order valence-corrected chi connectivity index (χ0v) is 8.91. The molecule has 0 amide bonds. The Bertz CT molecular complexity index is 489. The molecule has 0 aromatic heterocycles. The van der Waals surface area contributed by atoms with Crippen molar-refractivity contribution in [2.75, 3.05) is 13.2 Å². The monoisotopic (exact) mass is 248 g/mol. The summed E-state index contributed by atoms with van der Waals surface area (Å²) in [6.45, 7) is -1.20. The maximum Gasteiger partial charge on any atom is 0.270 e. The predicted molar refractivity (Wildman–Crippen MR) is 54.3 cm³/mol. The Kier molecular flexibility index (Phi) is 3.91. The highest BCUT2D eigenvalue weighted by Crippen LogP contribution is 2.16. The number of nitrogens with one attached hydrogen (secondary N) is 1. The Balaban J connectivity index is 3.04. The van der Waals surface area contributed by atoms with Crippen LogP contribution in [0.5, 0.6) is 0 Å². The second-order valence-electron chi connectivity index (χ2n) is 2.84. The first-order chi connectivity index (χ1) is 7.47. The highest BCUT2D eigenvalue weighted by molar-refractivity contribution is 7.89. The summed E-state index contributed by atoms with van der Waals surface area (Å²) in [6, 6.07) is 4.55. The first-order valence-corrected chi connectivity index (χ1v) is 5.76. The molecule has 0 aliphatic carbocycles. The van der Waals surface area contributed by atoms with Gasteiger partial charge in [-0.25, -0.2) is 17.5 Å². The van der Waals surface area contributed by atoms with E-state index < -0.39 is 21.6 Å². The lowest BCUT2D eigenvalue weighted by Gasteiger charge is -2.04.